The quantitative estimate of drug-likeness (QED) is 0.432. The van der Waals surface area contributed by atoms with Gasteiger partial charge in [-0.2, -0.15) is 0 Å². The van der Waals surface area contributed by atoms with Crippen molar-refractivity contribution in [2.75, 3.05) is 17.7 Å². The Balaban J connectivity index is 1.57. The molecule has 0 aliphatic heterocycles. The third kappa shape index (κ3) is 5.72. The standard InChI is InChI=1S/C22H24ClN5O2S/c1-24-31(29)18-10-11-20(30-17-4-2-3-5-17)19(12-18)28-22-13-21(25-14-26-22)27-16-8-6-15(23)7-9-16/h6-14,17,24H,2-5H2,1H3,(H2,25,26,27,28). The molecule has 0 bridgehead atoms. The van der Waals surface area contributed by atoms with Crippen molar-refractivity contribution in [3.8, 4) is 5.75 Å². The van der Waals surface area contributed by atoms with Crippen LogP contribution in [0.25, 0.3) is 0 Å². The lowest BCUT2D eigenvalue weighted by atomic mass is 10.2. The Labute approximate surface area is 189 Å². The van der Waals surface area contributed by atoms with E-state index in [2.05, 4.69) is 25.3 Å². The van der Waals surface area contributed by atoms with Crippen molar-refractivity contribution in [3.63, 3.8) is 0 Å². The van der Waals surface area contributed by atoms with E-state index in [1.54, 1.807) is 13.1 Å². The minimum atomic E-state index is -1.31. The Morgan fingerprint density at radius 1 is 1.00 bits per heavy atom. The normalized spacial score (nSPS) is 14.9. The molecule has 162 valence electrons. The van der Waals surface area contributed by atoms with Crippen LogP contribution in [-0.2, 0) is 11.0 Å². The number of rotatable bonds is 8. The number of ether oxygens (including phenoxy) is 1. The topological polar surface area (TPSA) is 88.2 Å². The molecule has 2 aromatic carbocycles. The van der Waals surface area contributed by atoms with Crippen LogP contribution < -0.4 is 20.1 Å². The summed E-state index contributed by atoms with van der Waals surface area (Å²) >= 11 is 5.95. The van der Waals surface area contributed by atoms with Gasteiger partial charge in [0.15, 0.2) is 0 Å². The van der Waals surface area contributed by atoms with E-state index < -0.39 is 11.0 Å². The molecule has 1 heterocycles. The molecule has 1 aliphatic carbocycles. The lowest BCUT2D eigenvalue weighted by Crippen LogP contribution is -2.14. The van der Waals surface area contributed by atoms with Gasteiger partial charge in [-0.25, -0.2) is 18.9 Å². The van der Waals surface area contributed by atoms with Crippen molar-refractivity contribution in [2.24, 2.45) is 0 Å². The first kappa shape index (κ1) is 21.5. The molecular formula is C22H24ClN5O2S. The summed E-state index contributed by atoms with van der Waals surface area (Å²) in [6.07, 6.45) is 6.14. The molecule has 3 aromatic rings. The van der Waals surface area contributed by atoms with Gasteiger partial charge < -0.3 is 15.4 Å². The van der Waals surface area contributed by atoms with E-state index in [-0.39, 0.29) is 6.10 Å². The maximum absolute atomic E-state index is 12.2. The zero-order valence-electron chi connectivity index (χ0n) is 17.1. The maximum atomic E-state index is 12.2. The minimum absolute atomic E-state index is 0.203. The molecule has 31 heavy (non-hydrogen) atoms. The monoisotopic (exact) mass is 457 g/mol. The first-order valence-corrected chi connectivity index (χ1v) is 11.6. The molecule has 1 unspecified atom stereocenters. The van der Waals surface area contributed by atoms with Crippen LogP contribution in [0.15, 0.2) is 59.8 Å². The Morgan fingerprint density at radius 3 is 2.42 bits per heavy atom. The van der Waals surface area contributed by atoms with Gasteiger partial charge >= 0.3 is 0 Å². The molecule has 1 aromatic heterocycles. The Morgan fingerprint density at radius 2 is 1.71 bits per heavy atom. The first-order chi connectivity index (χ1) is 15.1. The third-order valence-electron chi connectivity index (χ3n) is 4.99. The van der Waals surface area contributed by atoms with E-state index in [1.165, 1.54) is 19.2 Å². The molecule has 1 atom stereocenters. The van der Waals surface area contributed by atoms with Crippen molar-refractivity contribution in [1.82, 2.24) is 14.7 Å². The average Bonchev–Trinajstić information content (AvgIpc) is 3.29. The van der Waals surface area contributed by atoms with Crippen molar-refractivity contribution in [2.45, 2.75) is 36.7 Å². The van der Waals surface area contributed by atoms with Crippen LogP contribution in [0.5, 0.6) is 5.75 Å². The van der Waals surface area contributed by atoms with E-state index >= 15 is 0 Å². The number of hydrogen-bond acceptors (Lipinski definition) is 6. The number of nitrogens with zero attached hydrogens (tertiary/aromatic N) is 2. The largest absolute Gasteiger partial charge is 0.488 e. The SMILES string of the molecule is CNS(=O)c1ccc(OC2CCCC2)c(Nc2cc(Nc3ccc(Cl)cc3)ncn2)c1. The Hall–Kier alpha value is -2.68. The van der Waals surface area contributed by atoms with Gasteiger partial charge in [-0.15, -0.1) is 0 Å². The summed E-state index contributed by atoms with van der Waals surface area (Å²) in [7, 11) is 0.353. The number of benzene rings is 2. The highest BCUT2D eigenvalue weighted by Crippen LogP contribution is 2.33. The Kier molecular flexibility index (Phi) is 7.01. The summed E-state index contributed by atoms with van der Waals surface area (Å²) in [6.45, 7) is 0. The lowest BCUT2D eigenvalue weighted by molar-refractivity contribution is 0.211. The number of nitrogens with one attached hydrogen (secondary N) is 3. The second kappa shape index (κ2) is 10.1. The zero-order valence-corrected chi connectivity index (χ0v) is 18.7. The minimum Gasteiger partial charge on any atom is -0.488 e. The molecule has 0 amide bonds. The second-order valence-electron chi connectivity index (χ2n) is 7.20. The van der Waals surface area contributed by atoms with Crippen LogP contribution in [0.3, 0.4) is 0 Å². The molecule has 4 rings (SSSR count). The molecule has 3 N–H and O–H groups in total. The van der Waals surface area contributed by atoms with Crippen LogP contribution in [0, 0.1) is 0 Å². The predicted molar refractivity (Wildman–Crippen MR) is 125 cm³/mol. The maximum Gasteiger partial charge on any atom is 0.143 e. The molecule has 7 nitrogen and oxygen atoms in total. The van der Waals surface area contributed by atoms with Gasteiger partial charge in [0.25, 0.3) is 0 Å². The Bertz CT molecular complexity index is 1060. The molecule has 0 spiro atoms. The van der Waals surface area contributed by atoms with Crippen LogP contribution in [0.2, 0.25) is 5.02 Å². The molecule has 0 saturated heterocycles. The highest BCUT2D eigenvalue weighted by Gasteiger charge is 2.19. The summed E-state index contributed by atoms with van der Waals surface area (Å²) < 4.78 is 21.2. The average molecular weight is 458 g/mol. The molecule has 1 fully saturated rings. The van der Waals surface area contributed by atoms with Crippen molar-refractivity contribution in [1.29, 1.82) is 0 Å². The lowest BCUT2D eigenvalue weighted by Gasteiger charge is -2.18. The second-order valence-corrected chi connectivity index (χ2v) is 9.05. The summed E-state index contributed by atoms with van der Waals surface area (Å²) in [4.78, 5) is 9.26. The molecule has 0 radical (unpaired) electrons. The van der Waals surface area contributed by atoms with Gasteiger partial charge in [-0.3, -0.25) is 0 Å². The summed E-state index contributed by atoms with van der Waals surface area (Å²) in [5.41, 5.74) is 1.58. The van der Waals surface area contributed by atoms with Crippen LogP contribution in [0.4, 0.5) is 23.0 Å². The summed E-state index contributed by atoms with van der Waals surface area (Å²) in [5, 5.41) is 7.20. The van der Waals surface area contributed by atoms with Crippen LogP contribution in [-0.4, -0.2) is 27.3 Å². The smallest absolute Gasteiger partial charge is 0.143 e. The van der Waals surface area contributed by atoms with Crippen molar-refractivity contribution < 1.29 is 8.95 Å². The van der Waals surface area contributed by atoms with Crippen LogP contribution >= 0.6 is 11.6 Å². The fourth-order valence-electron chi connectivity index (χ4n) is 3.44. The summed E-state index contributed by atoms with van der Waals surface area (Å²) in [5.74, 6) is 1.94. The molecule has 9 heteroatoms. The van der Waals surface area contributed by atoms with E-state index in [9.17, 15) is 4.21 Å². The predicted octanol–water partition coefficient (Wildman–Crippen LogP) is 5.18. The van der Waals surface area contributed by atoms with E-state index in [0.717, 1.165) is 24.3 Å². The van der Waals surface area contributed by atoms with E-state index in [1.807, 2.05) is 42.5 Å². The van der Waals surface area contributed by atoms with Gasteiger partial charge in [-0.05, 0) is 75.2 Å². The highest BCUT2D eigenvalue weighted by atomic mass is 35.5. The van der Waals surface area contributed by atoms with Gasteiger partial charge in [0.05, 0.1) is 16.7 Å². The summed E-state index contributed by atoms with van der Waals surface area (Å²) in [6, 6.07) is 14.7. The number of hydrogen-bond donors (Lipinski definition) is 3. The first-order valence-electron chi connectivity index (χ1n) is 10.1. The number of anilines is 4. The fraction of sp³-hybridized carbons (Fsp3) is 0.273. The molecular weight excluding hydrogens is 434 g/mol. The number of aromatic nitrogens is 2. The van der Waals surface area contributed by atoms with Gasteiger partial charge in [0.1, 0.15) is 34.7 Å². The van der Waals surface area contributed by atoms with E-state index in [4.69, 9.17) is 16.3 Å². The van der Waals surface area contributed by atoms with Gasteiger partial charge in [0.2, 0.25) is 0 Å². The van der Waals surface area contributed by atoms with Gasteiger partial charge in [0, 0.05) is 16.8 Å². The third-order valence-corrected chi connectivity index (χ3v) is 6.30. The fourth-order valence-corrected chi connectivity index (χ4v) is 4.22. The van der Waals surface area contributed by atoms with Gasteiger partial charge in [-0.1, -0.05) is 11.6 Å². The van der Waals surface area contributed by atoms with E-state index in [0.29, 0.717) is 27.2 Å². The van der Waals surface area contributed by atoms with Crippen molar-refractivity contribution >= 4 is 45.6 Å². The molecule has 1 saturated carbocycles. The van der Waals surface area contributed by atoms with Crippen LogP contribution in [0.1, 0.15) is 25.7 Å². The highest BCUT2D eigenvalue weighted by molar-refractivity contribution is 7.83. The number of halogens is 1. The molecule has 1 aliphatic rings. The zero-order chi connectivity index (χ0) is 21.6. The van der Waals surface area contributed by atoms with Crippen molar-refractivity contribution in [3.05, 3.63) is 59.9 Å².